The highest BCUT2D eigenvalue weighted by Gasteiger charge is 2.17. The number of rotatable bonds is 4. The van der Waals surface area contributed by atoms with Crippen LogP contribution >= 0.6 is 22.7 Å². The average molecular weight is 319 g/mol. The first kappa shape index (κ1) is 15.8. The second-order valence-electron chi connectivity index (χ2n) is 4.55. The Bertz CT molecular complexity index is 676. The van der Waals surface area contributed by atoms with Crippen LogP contribution in [0.4, 0.5) is 0 Å². The molecule has 110 valence electrons. The molecule has 0 aromatic carbocycles. The summed E-state index contributed by atoms with van der Waals surface area (Å²) >= 11 is 3.08. The Morgan fingerprint density at radius 3 is 2.95 bits per heavy atom. The summed E-state index contributed by atoms with van der Waals surface area (Å²) < 4.78 is 0. The van der Waals surface area contributed by atoms with Gasteiger partial charge in [-0.15, -0.1) is 22.7 Å². The Balaban J connectivity index is 2.05. The molecule has 2 heterocycles. The summed E-state index contributed by atoms with van der Waals surface area (Å²) in [6.07, 6.45) is 0.873. The maximum Gasteiger partial charge on any atom is 0.264 e. The Kier molecular flexibility index (Phi) is 5.57. The molecule has 0 aliphatic heterocycles. The topological polar surface area (TPSA) is 40.5 Å². The van der Waals surface area contributed by atoms with Crippen molar-refractivity contribution >= 4 is 28.6 Å². The smallest absolute Gasteiger partial charge is 0.264 e. The largest absolute Gasteiger partial charge is 0.384 e. The molecule has 5 heteroatoms. The lowest BCUT2D eigenvalue weighted by molar-refractivity contribution is 0.0790. The summed E-state index contributed by atoms with van der Waals surface area (Å²) in [4.78, 5) is 16.1. The van der Waals surface area contributed by atoms with Crippen molar-refractivity contribution in [3.8, 4) is 11.8 Å². The third-order valence-electron chi connectivity index (χ3n) is 3.03. The van der Waals surface area contributed by atoms with E-state index in [0.717, 1.165) is 27.3 Å². The normalized spacial score (nSPS) is 10.0. The van der Waals surface area contributed by atoms with Gasteiger partial charge in [-0.05, 0) is 29.5 Å². The number of carbonyl (C=O) groups excluding carboxylic acids is 1. The molecule has 1 amide bonds. The number of hydrogen-bond donors (Lipinski definition) is 1. The van der Waals surface area contributed by atoms with Crippen LogP contribution in [0.25, 0.3) is 0 Å². The zero-order valence-corrected chi connectivity index (χ0v) is 13.7. The van der Waals surface area contributed by atoms with Crippen molar-refractivity contribution in [2.24, 2.45) is 0 Å². The number of nitrogens with zero attached hydrogens (tertiary/aromatic N) is 1. The second kappa shape index (κ2) is 7.41. The maximum absolute atomic E-state index is 12.4. The van der Waals surface area contributed by atoms with Crippen LogP contribution in [0, 0.1) is 11.8 Å². The number of carbonyl (C=O) groups is 1. The summed E-state index contributed by atoms with van der Waals surface area (Å²) in [6, 6.07) is 3.98. The van der Waals surface area contributed by atoms with Gasteiger partial charge in [0.2, 0.25) is 0 Å². The van der Waals surface area contributed by atoms with Gasteiger partial charge in [0.05, 0.1) is 11.4 Å². The minimum Gasteiger partial charge on any atom is -0.384 e. The summed E-state index contributed by atoms with van der Waals surface area (Å²) in [5.74, 6) is 5.56. The van der Waals surface area contributed by atoms with Crippen LogP contribution in [-0.2, 0) is 13.0 Å². The lowest BCUT2D eigenvalue weighted by Gasteiger charge is -2.16. The summed E-state index contributed by atoms with van der Waals surface area (Å²) in [5.41, 5.74) is 1.99. The van der Waals surface area contributed by atoms with Gasteiger partial charge in [-0.3, -0.25) is 4.79 Å². The molecule has 0 atom stereocenters. The van der Waals surface area contributed by atoms with Gasteiger partial charge < -0.3 is 10.0 Å². The Hall–Kier alpha value is -1.61. The number of hydrogen-bond acceptors (Lipinski definition) is 4. The number of amides is 1. The number of aryl methyl sites for hydroxylation is 1. The molecule has 3 nitrogen and oxygen atoms in total. The van der Waals surface area contributed by atoms with E-state index in [-0.39, 0.29) is 12.5 Å². The first-order chi connectivity index (χ1) is 10.2. The lowest BCUT2D eigenvalue weighted by atomic mass is 10.2. The van der Waals surface area contributed by atoms with Gasteiger partial charge in [0.1, 0.15) is 6.61 Å². The molecule has 0 bridgehead atoms. The van der Waals surface area contributed by atoms with E-state index in [1.54, 1.807) is 16.2 Å². The van der Waals surface area contributed by atoms with Crippen LogP contribution in [0.3, 0.4) is 0 Å². The Morgan fingerprint density at radius 1 is 1.43 bits per heavy atom. The molecular weight excluding hydrogens is 302 g/mol. The molecule has 0 unspecified atom stereocenters. The van der Waals surface area contributed by atoms with Crippen LogP contribution in [-0.4, -0.2) is 29.6 Å². The monoisotopic (exact) mass is 319 g/mol. The molecule has 0 spiro atoms. The molecule has 0 aliphatic carbocycles. The molecule has 2 aromatic rings. The van der Waals surface area contributed by atoms with E-state index < -0.39 is 0 Å². The average Bonchev–Trinajstić information content (AvgIpc) is 3.12. The molecule has 0 aliphatic rings. The Labute approximate surface area is 132 Å². The minimum absolute atomic E-state index is 0.0678. The second-order valence-corrected chi connectivity index (χ2v) is 6.46. The highest BCUT2D eigenvalue weighted by molar-refractivity contribution is 7.12. The van der Waals surface area contributed by atoms with Gasteiger partial charge >= 0.3 is 0 Å². The highest BCUT2D eigenvalue weighted by Crippen LogP contribution is 2.21. The zero-order valence-electron chi connectivity index (χ0n) is 12.0. The Morgan fingerprint density at radius 2 is 2.24 bits per heavy atom. The molecule has 0 radical (unpaired) electrons. The van der Waals surface area contributed by atoms with Crippen LogP contribution in [0.2, 0.25) is 0 Å². The maximum atomic E-state index is 12.4. The quantitative estimate of drug-likeness (QED) is 0.880. The van der Waals surface area contributed by atoms with Crippen molar-refractivity contribution in [2.75, 3.05) is 13.7 Å². The molecule has 21 heavy (non-hydrogen) atoms. The van der Waals surface area contributed by atoms with E-state index in [9.17, 15) is 4.79 Å². The lowest BCUT2D eigenvalue weighted by Crippen LogP contribution is -2.25. The van der Waals surface area contributed by atoms with Crippen molar-refractivity contribution < 1.29 is 9.90 Å². The van der Waals surface area contributed by atoms with Crippen molar-refractivity contribution in [3.63, 3.8) is 0 Å². The van der Waals surface area contributed by atoms with Crippen LogP contribution in [0.5, 0.6) is 0 Å². The van der Waals surface area contributed by atoms with Crippen molar-refractivity contribution in [1.82, 2.24) is 4.90 Å². The third-order valence-corrected chi connectivity index (χ3v) is 4.89. The fourth-order valence-corrected chi connectivity index (χ4v) is 3.81. The standard InChI is InChI=1S/C16H17NO2S2/c1-3-13-6-8-20-15(13)16(19)17(2)10-14-9-12(11-21-14)5-4-7-18/h6,8-9,11,18H,3,7,10H2,1-2H3. The first-order valence-electron chi connectivity index (χ1n) is 6.64. The van der Waals surface area contributed by atoms with E-state index >= 15 is 0 Å². The fraction of sp³-hybridized carbons (Fsp3) is 0.312. The summed E-state index contributed by atoms with van der Waals surface area (Å²) in [6.45, 7) is 2.50. The number of thiophene rings is 2. The minimum atomic E-state index is -0.137. The number of aliphatic hydroxyl groups excluding tert-OH is 1. The molecule has 0 saturated heterocycles. The third kappa shape index (κ3) is 3.94. The van der Waals surface area contributed by atoms with Gasteiger partial charge in [-0.25, -0.2) is 0 Å². The predicted octanol–water partition coefficient (Wildman–Crippen LogP) is 2.99. The highest BCUT2D eigenvalue weighted by atomic mass is 32.1. The van der Waals surface area contributed by atoms with Crippen LogP contribution in [0.1, 0.15) is 32.6 Å². The van der Waals surface area contributed by atoms with Gasteiger partial charge in [0, 0.05) is 22.9 Å². The molecule has 2 rings (SSSR count). The zero-order chi connectivity index (χ0) is 15.2. The summed E-state index contributed by atoms with van der Waals surface area (Å²) in [7, 11) is 1.82. The predicted molar refractivity (Wildman–Crippen MR) is 87.8 cm³/mol. The van der Waals surface area contributed by atoms with Gasteiger partial charge in [-0.2, -0.15) is 0 Å². The molecule has 2 aromatic heterocycles. The van der Waals surface area contributed by atoms with Gasteiger partial charge in [0.25, 0.3) is 5.91 Å². The van der Waals surface area contributed by atoms with Crippen LogP contribution < -0.4 is 0 Å². The van der Waals surface area contributed by atoms with Crippen molar-refractivity contribution in [2.45, 2.75) is 19.9 Å². The molecule has 1 N–H and O–H groups in total. The van der Waals surface area contributed by atoms with Crippen molar-refractivity contribution in [1.29, 1.82) is 0 Å². The van der Waals surface area contributed by atoms with Gasteiger partial charge in [-0.1, -0.05) is 18.8 Å². The van der Waals surface area contributed by atoms with Crippen molar-refractivity contribution in [3.05, 3.63) is 43.8 Å². The summed E-state index contributed by atoms with van der Waals surface area (Å²) in [5, 5.41) is 12.6. The van der Waals surface area contributed by atoms with E-state index in [2.05, 4.69) is 18.8 Å². The van der Waals surface area contributed by atoms with Crippen LogP contribution in [0.15, 0.2) is 22.9 Å². The first-order valence-corrected chi connectivity index (χ1v) is 8.40. The SMILES string of the molecule is CCc1ccsc1C(=O)N(C)Cc1cc(C#CCO)cs1. The van der Waals surface area contributed by atoms with Gasteiger partial charge in [0.15, 0.2) is 0 Å². The molecule has 0 fully saturated rings. The molecule has 0 saturated carbocycles. The molecular formula is C16H17NO2S2. The van der Waals surface area contributed by atoms with E-state index in [1.807, 2.05) is 29.9 Å². The fourth-order valence-electron chi connectivity index (χ4n) is 1.95. The number of aliphatic hydroxyl groups is 1. The van der Waals surface area contributed by atoms with E-state index in [0.29, 0.717) is 6.54 Å². The van der Waals surface area contributed by atoms with E-state index in [1.165, 1.54) is 11.3 Å². The van der Waals surface area contributed by atoms with E-state index in [4.69, 9.17) is 5.11 Å².